The largest absolute Gasteiger partial charge is 0.300 e. The van der Waals surface area contributed by atoms with Crippen LogP contribution in [0.5, 0.6) is 0 Å². The molecule has 0 rings (SSSR count). The number of carbonyl (C=O) groups is 1. The van der Waals surface area contributed by atoms with Gasteiger partial charge in [0.05, 0.1) is 0 Å². The molecule has 0 aromatic carbocycles. The lowest BCUT2D eigenvalue weighted by atomic mass is 10.3. The molecular weight excluding hydrogens is 108 g/mol. The topological polar surface area (TPSA) is 17.1 Å². The van der Waals surface area contributed by atoms with Crippen molar-refractivity contribution in [3.05, 3.63) is 0 Å². The summed E-state index contributed by atoms with van der Waals surface area (Å²) in [4.78, 5) is 10.2. The van der Waals surface area contributed by atoms with Gasteiger partial charge >= 0.3 is 0 Å². The van der Waals surface area contributed by atoms with Gasteiger partial charge in [0.1, 0.15) is 5.78 Å². The highest BCUT2D eigenvalue weighted by Crippen LogP contribution is 1.90. The standard InChI is InChI=1S/C5H10OS/c1-5(6)3-2-4-7/h7H,2-4H2,1H3. The van der Waals surface area contributed by atoms with Crippen molar-refractivity contribution in [3.8, 4) is 0 Å². The van der Waals surface area contributed by atoms with E-state index in [4.69, 9.17) is 0 Å². The predicted molar refractivity (Wildman–Crippen MR) is 33.8 cm³/mol. The van der Waals surface area contributed by atoms with Crippen LogP contribution in [0.3, 0.4) is 0 Å². The lowest BCUT2D eigenvalue weighted by Gasteiger charge is -1.86. The molecule has 0 bridgehead atoms. The van der Waals surface area contributed by atoms with E-state index in [1.54, 1.807) is 6.92 Å². The van der Waals surface area contributed by atoms with Crippen LogP contribution in [0.4, 0.5) is 0 Å². The summed E-state index contributed by atoms with van der Waals surface area (Å²) in [5.74, 6) is 1.08. The zero-order chi connectivity index (χ0) is 5.70. The molecule has 0 aromatic rings. The van der Waals surface area contributed by atoms with Crippen LogP contribution in [0.2, 0.25) is 0 Å². The zero-order valence-electron chi connectivity index (χ0n) is 4.48. The van der Waals surface area contributed by atoms with Gasteiger partial charge in [0.15, 0.2) is 0 Å². The number of rotatable bonds is 3. The van der Waals surface area contributed by atoms with Gasteiger partial charge in [-0.3, -0.25) is 0 Å². The number of ketones is 1. The first kappa shape index (κ1) is 7.02. The van der Waals surface area contributed by atoms with Gasteiger partial charge in [0.2, 0.25) is 0 Å². The first-order chi connectivity index (χ1) is 3.27. The van der Waals surface area contributed by atoms with E-state index >= 15 is 0 Å². The molecule has 0 radical (unpaired) electrons. The second kappa shape index (κ2) is 4.19. The van der Waals surface area contributed by atoms with Crippen LogP contribution in [-0.2, 0) is 4.79 Å². The monoisotopic (exact) mass is 118 g/mol. The maximum absolute atomic E-state index is 10.2. The lowest BCUT2D eigenvalue weighted by Crippen LogP contribution is -1.88. The second-order valence-corrected chi connectivity index (χ2v) is 1.98. The maximum atomic E-state index is 10.2. The Bertz CT molecular complexity index is 61.1. The Morgan fingerprint density at radius 2 is 2.29 bits per heavy atom. The minimum atomic E-state index is 0.258. The molecule has 0 atom stereocenters. The molecule has 1 nitrogen and oxygen atoms in total. The minimum absolute atomic E-state index is 0.258. The molecule has 0 spiro atoms. The van der Waals surface area contributed by atoms with Crippen molar-refractivity contribution < 1.29 is 4.79 Å². The third-order valence-corrected chi connectivity index (χ3v) is 1.00. The highest BCUT2D eigenvalue weighted by Gasteiger charge is 1.87. The van der Waals surface area contributed by atoms with Crippen molar-refractivity contribution in [2.45, 2.75) is 19.8 Å². The van der Waals surface area contributed by atoms with Crippen molar-refractivity contribution in [1.29, 1.82) is 0 Å². The van der Waals surface area contributed by atoms with Crippen LogP contribution in [-0.4, -0.2) is 11.5 Å². The molecule has 0 unspecified atom stereocenters. The number of Topliss-reactive ketones (excluding diaryl/α,β-unsaturated/α-hetero) is 1. The molecule has 0 saturated carbocycles. The summed E-state index contributed by atoms with van der Waals surface area (Å²) >= 11 is 3.94. The molecule has 0 amide bonds. The van der Waals surface area contributed by atoms with Gasteiger partial charge in [-0.25, -0.2) is 0 Å². The molecule has 0 fully saturated rings. The third-order valence-electron chi connectivity index (χ3n) is 0.687. The maximum Gasteiger partial charge on any atom is 0.129 e. The lowest BCUT2D eigenvalue weighted by molar-refractivity contribution is -0.117. The summed E-state index contributed by atoms with van der Waals surface area (Å²) in [6.45, 7) is 1.60. The van der Waals surface area contributed by atoms with Crippen molar-refractivity contribution in [2.24, 2.45) is 0 Å². The molecule has 2 heteroatoms. The average Bonchev–Trinajstić information content (AvgIpc) is 1.61. The van der Waals surface area contributed by atoms with Crippen molar-refractivity contribution >= 4 is 18.4 Å². The Labute approximate surface area is 49.5 Å². The minimum Gasteiger partial charge on any atom is -0.300 e. The molecule has 0 aliphatic rings. The van der Waals surface area contributed by atoms with Crippen LogP contribution in [0, 0.1) is 0 Å². The molecule has 42 valence electrons. The second-order valence-electron chi connectivity index (χ2n) is 1.53. The number of hydrogen-bond acceptors (Lipinski definition) is 2. The van der Waals surface area contributed by atoms with Gasteiger partial charge in [0.25, 0.3) is 0 Å². The summed E-state index contributed by atoms with van der Waals surface area (Å²) in [5, 5.41) is 0. The number of carbonyl (C=O) groups excluding carboxylic acids is 1. The summed E-state index contributed by atoms with van der Waals surface area (Å²) in [6, 6.07) is 0. The van der Waals surface area contributed by atoms with Gasteiger partial charge in [-0.15, -0.1) is 0 Å². The van der Waals surface area contributed by atoms with E-state index in [1.807, 2.05) is 0 Å². The van der Waals surface area contributed by atoms with Gasteiger partial charge in [-0.05, 0) is 19.1 Å². The first-order valence-electron chi connectivity index (χ1n) is 2.37. The van der Waals surface area contributed by atoms with Crippen molar-refractivity contribution in [1.82, 2.24) is 0 Å². The first-order valence-corrected chi connectivity index (χ1v) is 3.01. The van der Waals surface area contributed by atoms with E-state index in [-0.39, 0.29) is 5.78 Å². The Morgan fingerprint density at radius 1 is 1.71 bits per heavy atom. The Hall–Kier alpha value is 0.0200. The van der Waals surface area contributed by atoms with E-state index in [9.17, 15) is 4.79 Å². The smallest absolute Gasteiger partial charge is 0.129 e. The molecule has 0 N–H and O–H groups in total. The molecule has 0 aliphatic carbocycles. The van der Waals surface area contributed by atoms with E-state index in [0.717, 1.165) is 12.2 Å². The van der Waals surface area contributed by atoms with Crippen LogP contribution >= 0.6 is 12.6 Å². The van der Waals surface area contributed by atoms with E-state index in [1.165, 1.54) is 0 Å². The van der Waals surface area contributed by atoms with Crippen LogP contribution in [0.15, 0.2) is 0 Å². The summed E-state index contributed by atoms with van der Waals surface area (Å²) < 4.78 is 0. The molecule has 0 aliphatic heterocycles. The summed E-state index contributed by atoms with van der Waals surface area (Å²) in [6.07, 6.45) is 1.60. The van der Waals surface area contributed by atoms with Gasteiger partial charge in [-0.2, -0.15) is 12.6 Å². The number of thiol groups is 1. The summed E-state index contributed by atoms with van der Waals surface area (Å²) in [5.41, 5.74) is 0. The Balaban J connectivity index is 2.82. The third kappa shape index (κ3) is 6.02. The van der Waals surface area contributed by atoms with E-state index in [0.29, 0.717) is 6.42 Å². The number of hydrogen-bond donors (Lipinski definition) is 1. The SMILES string of the molecule is CC(=O)CCCS. The van der Waals surface area contributed by atoms with Crippen molar-refractivity contribution in [2.75, 3.05) is 5.75 Å². The predicted octanol–water partition coefficient (Wildman–Crippen LogP) is 1.29. The van der Waals surface area contributed by atoms with Gasteiger partial charge < -0.3 is 4.79 Å². The molecule has 0 saturated heterocycles. The molecule has 7 heavy (non-hydrogen) atoms. The fourth-order valence-electron chi connectivity index (χ4n) is 0.328. The average molecular weight is 118 g/mol. The fraction of sp³-hybridized carbons (Fsp3) is 0.800. The Kier molecular flexibility index (Phi) is 4.20. The highest BCUT2D eigenvalue weighted by atomic mass is 32.1. The van der Waals surface area contributed by atoms with Crippen molar-refractivity contribution in [3.63, 3.8) is 0 Å². The van der Waals surface area contributed by atoms with E-state index in [2.05, 4.69) is 12.6 Å². The fourth-order valence-corrected chi connectivity index (χ4v) is 0.486. The van der Waals surface area contributed by atoms with E-state index < -0.39 is 0 Å². The van der Waals surface area contributed by atoms with Crippen LogP contribution in [0.1, 0.15) is 19.8 Å². The normalized spacial score (nSPS) is 8.86. The van der Waals surface area contributed by atoms with Gasteiger partial charge in [-0.1, -0.05) is 0 Å². The molecule has 0 heterocycles. The molecular formula is C5H10OS. The summed E-state index contributed by atoms with van der Waals surface area (Å²) in [7, 11) is 0. The van der Waals surface area contributed by atoms with Crippen LogP contribution in [0.25, 0.3) is 0 Å². The Morgan fingerprint density at radius 3 is 2.43 bits per heavy atom. The highest BCUT2D eigenvalue weighted by molar-refractivity contribution is 7.80. The molecule has 0 aromatic heterocycles. The zero-order valence-corrected chi connectivity index (χ0v) is 5.37. The quantitative estimate of drug-likeness (QED) is 0.552. The van der Waals surface area contributed by atoms with Gasteiger partial charge in [0, 0.05) is 6.42 Å². The van der Waals surface area contributed by atoms with Crippen LogP contribution < -0.4 is 0 Å².